The number of hydrogen-bond acceptors (Lipinski definition) is 5. The summed E-state index contributed by atoms with van der Waals surface area (Å²) in [4.78, 5) is 24.2. The van der Waals surface area contributed by atoms with E-state index in [1.54, 1.807) is 35.4 Å². The number of thiophene rings is 1. The Kier molecular flexibility index (Phi) is 4.19. The number of esters is 1. The molecule has 0 aliphatic rings. The van der Waals surface area contributed by atoms with Gasteiger partial charge in [0.15, 0.2) is 0 Å². The molecule has 20 heavy (non-hydrogen) atoms. The Labute approximate surface area is 120 Å². The topological polar surface area (TPSA) is 73.2 Å². The number of hydrogen-bond donors (Lipinski definition) is 1. The van der Waals surface area contributed by atoms with E-state index in [4.69, 9.17) is 4.74 Å². The van der Waals surface area contributed by atoms with Crippen LogP contribution in [-0.2, 0) is 9.53 Å². The van der Waals surface area contributed by atoms with Gasteiger partial charge in [0.05, 0.1) is 12.8 Å². The van der Waals surface area contributed by atoms with Crippen molar-refractivity contribution in [2.75, 3.05) is 12.4 Å². The SMILES string of the molecule is COC(=O)c1scc(C)c1NC(=O)C(C)n1cccn1. The number of nitrogens with one attached hydrogen (secondary N) is 1. The lowest BCUT2D eigenvalue weighted by molar-refractivity contribution is -0.119. The first-order chi connectivity index (χ1) is 9.54. The molecule has 0 saturated carbocycles. The minimum absolute atomic E-state index is 0.236. The summed E-state index contributed by atoms with van der Waals surface area (Å²) in [5.74, 6) is -0.689. The van der Waals surface area contributed by atoms with Crippen molar-refractivity contribution in [2.24, 2.45) is 0 Å². The third kappa shape index (κ3) is 2.72. The van der Waals surface area contributed by atoms with E-state index in [1.807, 2.05) is 6.92 Å². The molecule has 0 bridgehead atoms. The van der Waals surface area contributed by atoms with Crippen molar-refractivity contribution in [1.29, 1.82) is 0 Å². The highest BCUT2D eigenvalue weighted by molar-refractivity contribution is 7.12. The first-order valence-electron chi connectivity index (χ1n) is 6.01. The second kappa shape index (κ2) is 5.87. The van der Waals surface area contributed by atoms with Crippen LogP contribution in [0.3, 0.4) is 0 Å². The van der Waals surface area contributed by atoms with Gasteiger partial charge in [-0.1, -0.05) is 0 Å². The highest BCUT2D eigenvalue weighted by Gasteiger charge is 2.21. The summed E-state index contributed by atoms with van der Waals surface area (Å²) in [6, 6.07) is 1.29. The summed E-state index contributed by atoms with van der Waals surface area (Å²) >= 11 is 1.25. The standard InChI is InChI=1S/C13H15N3O3S/c1-8-7-20-11(13(18)19-3)10(8)15-12(17)9(2)16-6-4-5-14-16/h4-7,9H,1-3H3,(H,15,17). The van der Waals surface area contributed by atoms with Crippen LogP contribution in [0, 0.1) is 6.92 Å². The predicted octanol–water partition coefficient (Wildman–Crippen LogP) is 2.24. The second-order valence-corrected chi connectivity index (χ2v) is 5.15. The molecule has 7 heteroatoms. The lowest BCUT2D eigenvalue weighted by atomic mass is 10.2. The van der Waals surface area contributed by atoms with E-state index in [-0.39, 0.29) is 5.91 Å². The maximum absolute atomic E-state index is 12.2. The van der Waals surface area contributed by atoms with Crippen molar-refractivity contribution in [2.45, 2.75) is 19.9 Å². The summed E-state index contributed by atoms with van der Waals surface area (Å²) < 4.78 is 6.26. The Morgan fingerprint density at radius 2 is 2.25 bits per heavy atom. The fourth-order valence-electron chi connectivity index (χ4n) is 1.70. The number of rotatable bonds is 4. The maximum atomic E-state index is 12.2. The second-order valence-electron chi connectivity index (χ2n) is 4.27. The molecule has 1 N–H and O–H groups in total. The number of amides is 1. The zero-order chi connectivity index (χ0) is 14.7. The predicted molar refractivity (Wildman–Crippen MR) is 76.0 cm³/mol. The van der Waals surface area contributed by atoms with Crippen molar-refractivity contribution in [3.8, 4) is 0 Å². The van der Waals surface area contributed by atoms with Gasteiger partial charge in [-0.25, -0.2) is 4.79 Å². The molecular formula is C13H15N3O3S. The van der Waals surface area contributed by atoms with Gasteiger partial charge in [0, 0.05) is 12.4 Å². The van der Waals surface area contributed by atoms with E-state index in [2.05, 4.69) is 10.4 Å². The van der Waals surface area contributed by atoms with Crippen molar-refractivity contribution in [1.82, 2.24) is 9.78 Å². The molecule has 0 aromatic carbocycles. The van der Waals surface area contributed by atoms with Crippen molar-refractivity contribution in [3.05, 3.63) is 34.3 Å². The molecule has 0 spiro atoms. The van der Waals surface area contributed by atoms with Crippen LogP contribution in [0.4, 0.5) is 5.69 Å². The van der Waals surface area contributed by atoms with Gasteiger partial charge in [-0.2, -0.15) is 5.10 Å². The molecule has 1 unspecified atom stereocenters. The zero-order valence-electron chi connectivity index (χ0n) is 11.4. The van der Waals surface area contributed by atoms with Crippen molar-refractivity contribution < 1.29 is 14.3 Å². The first kappa shape index (κ1) is 14.3. The van der Waals surface area contributed by atoms with Gasteiger partial charge in [-0.05, 0) is 30.9 Å². The Morgan fingerprint density at radius 3 is 2.85 bits per heavy atom. The van der Waals surface area contributed by atoms with Gasteiger partial charge < -0.3 is 10.1 Å². The van der Waals surface area contributed by atoms with Gasteiger partial charge in [-0.3, -0.25) is 9.48 Å². The smallest absolute Gasteiger partial charge is 0.350 e. The number of carbonyl (C=O) groups is 2. The maximum Gasteiger partial charge on any atom is 0.350 e. The average molecular weight is 293 g/mol. The largest absolute Gasteiger partial charge is 0.465 e. The summed E-state index contributed by atoms with van der Waals surface area (Å²) in [5.41, 5.74) is 1.34. The van der Waals surface area contributed by atoms with E-state index < -0.39 is 12.0 Å². The zero-order valence-corrected chi connectivity index (χ0v) is 12.2. The van der Waals surface area contributed by atoms with Crippen LogP contribution in [0.15, 0.2) is 23.8 Å². The van der Waals surface area contributed by atoms with Crippen LogP contribution in [0.1, 0.15) is 28.2 Å². The van der Waals surface area contributed by atoms with Crippen LogP contribution in [0.25, 0.3) is 0 Å². The number of methoxy groups -OCH3 is 1. The first-order valence-corrected chi connectivity index (χ1v) is 6.89. The summed E-state index contributed by atoms with van der Waals surface area (Å²) in [7, 11) is 1.31. The van der Waals surface area contributed by atoms with Crippen molar-refractivity contribution in [3.63, 3.8) is 0 Å². The quantitative estimate of drug-likeness (QED) is 0.877. The summed E-state index contributed by atoms with van der Waals surface area (Å²) in [6.45, 7) is 3.57. The summed E-state index contributed by atoms with van der Waals surface area (Å²) in [6.07, 6.45) is 3.32. The van der Waals surface area contributed by atoms with Crippen molar-refractivity contribution >= 4 is 28.9 Å². The third-order valence-electron chi connectivity index (χ3n) is 2.90. The van der Waals surface area contributed by atoms with Crippen LogP contribution in [0.2, 0.25) is 0 Å². The van der Waals surface area contributed by atoms with E-state index in [1.165, 1.54) is 18.4 Å². The molecule has 0 fully saturated rings. The highest BCUT2D eigenvalue weighted by atomic mass is 32.1. The monoisotopic (exact) mass is 293 g/mol. The molecule has 1 amide bonds. The van der Waals surface area contributed by atoms with E-state index in [9.17, 15) is 9.59 Å². The minimum Gasteiger partial charge on any atom is -0.465 e. The van der Waals surface area contributed by atoms with Crippen LogP contribution < -0.4 is 5.32 Å². The lowest BCUT2D eigenvalue weighted by Crippen LogP contribution is -2.25. The number of aromatic nitrogens is 2. The number of aryl methyl sites for hydroxylation is 1. The van der Waals surface area contributed by atoms with E-state index >= 15 is 0 Å². The third-order valence-corrected chi connectivity index (χ3v) is 3.97. The normalized spacial score (nSPS) is 11.9. The van der Waals surface area contributed by atoms with Gasteiger partial charge in [0.2, 0.25) is 5.91 Å². The number of carbonyl (C=O) groups excluding carboxylic acids is 2. The number of nitrogens with zero attached hydrogens (tertiary/aromatic N) is 2. The molecular weight excluding hydrogens is 278 g/mol. The Bertz CT molecular complexity index is 619. The molecule has 1 atom stereocenters. The molecule has 2 aromatic heterocycles. The molecule has 0 radical (unpaired) electrons. The van der Waals surface area contributed by atoms with Crippen LogP contribution in [-0.4, -0.2) is 28.8 Å². The van der Waals surface area contributed by atoms with Crippen LogP contribution >= 0.6 is 11.3 Å². The van der Waals surface area contributed by atoms with E-state index in [0.29, 0.717) is 10.6 Å². The Hall–Kier alpha value is -2.15. The molecule has 6 nitrogen and oxygen atoms in total. The van der Waals surface area contributed by atoms with Gasteiger partial charge in [0.25, 0.3) is 0 Å². The molecule has 2 aromatic rings. The molecule has 0 aliphatic carbocycles. The number of ether oxygens (including phenoxy) is 1. The van der Waals surface area contributed by atoms with Gasteiger partial charge >= 0.3 is 5.97 Å². The molecule has 106 valence electrons. The van der Waals surface area contributed by atoms with Crippen LogP contribution in [0.5, 0.6) is 0 Å². The minimum atomic E-state index is -0.463. The number of anilines is 1. The fourth-order valence-corrected chi connectivity index (χ4v) is 2.62. The average Bonchev–Trinajstić information content (AvgIpc) is 3.08. The molecule has 0 saturated heterocycles. The molecule has 2 rings (SSSR count). The molecule has 2 heterocycles. The lowest BCUT2D eigenvalue weighted by Gasteiger charge is -2.13. The van der Waals surface area contributed by atoms with E-state index in [0.717, 1.165) is 5.56 Å². The van der Waals surface area contributed by atoms with Gasteiger partial charge in [0.1, 0.15) is 10.9 Å². The Morgan fingerprint density at radius 1 is 1.50 bits per heavy atom. The van der Waals surface area contributed by atoms with Gasteiger partial charge in [-0.15, -0.1) is 11.3 Å². The molecule has 0 aliphatic heterocycles. The fraction of sp³-hybridized carbons (Fsp3) is 0.308. The highest BCUT2D eigenvalue weighted by Crippen LogP contribution is 2.29. The Balaban J connectivity index is 2.20. The summed E-state index contributed by atoms with van der Waals surface area (Å²) in [5, 5.41) is 8.61.